The van der Waals surface area contributed by atoms with Crippen LogP contribution < -0.4 is 10.4 Å². The lowest BCUT2D eigenvalue weighted by Gasteiger charge is -2.43. The van der Waals surface area contributed by atoms with Crippen LogP contribution in [-0.4, -0.2) is 14.9 Å². The second-order valence-corrected chi connectivity index (χ2v) is 12.4. The average molecular weight is 353 g/mol. The van der Waals surface area contributed by atoms with Crippen LogP contribution in [-0.2, 0) is 4.43 Å². The first-order chi connectivity index (χ1) is 11.8. The fourth-order valence-electron chi connectivity index (χ4n) is 3.52. The number of hydrogen-bond acceptors (Lipinski definition) is 1. The first-order valence-electron chi connectivity index (χ1n) is 9.20. The average Bonchev–Trinajstić information content (AvgIpc) is 2.59. The minimum atomic E-state index is -2.42. The molecule has 0 radical (unpaired) electrons. The minimum absolute atomic E-state index is 0.0262. The standard InChI is InChI=1S/C23H32OSi/c1-7-20(19(2)3)18-24-25(23(4,5)6,21-14-10-8-11-15-21)22-16-12-9-13-17-22/h7-17,19-20H,1,18H2,2-6H3/t20-/m1/s1. The van der Waals surface area contributed by atoms with Crippen molar-refractivity contribution in [3.8, 4) is 0 Å². The molecule has 0 aliphatic heterocycles. The molecular formula is C23H32OSi. The molecule has 0 spiro atoms. The van der Waals surface area contributed by atoms with Crippen molar-refractivity contribution in [2.45, 2.75) is 39.7 Å². The van der Waals surface area contributed by atoms with Gasteiger partial charge in [0.25, 0.3) is 8.32 Å². The lowest BCUT2D eigenvalue weighted by atomic mass is 9.97. The molecule has 0 aliphatic rings. The van der Waals surface area contributed by atoms with Gasteiger partial charge >= 0.3 is 0 Å². The van der Waals surface area contributed by atoms with Gasteiger partial charge in [-0.05, 0) is 21.3 Å². The second kappa shape index (κ2) is 8.16. The van der Waals surface area contributed by atoms with Crippen LogP contribution in [0.1, 0.15) is 34.6 Å². The molecule has 2 aromatic carbocycles. The molecular weight excluding hydrogens is 320 g/mol. The molecule has 2 heteroatoms. The molecule has 2 rings (SSSR count). The zero-order valence-corrected chi connectivity index (χ0v) is 17.3. The summed E-state index contributed by atoms with van der Waals surface area (Å²) in [6.45, 7) is 16.2. The molecule has 1 nitrogen and oxygen atoms in total. The Kier molecular flexibility index (Phi) is 6.42. The first kappa shape index (κ1) is 19.7. The van der Waals surface area contributed by atoms with E-state index in [0.29, 0.717) is 18.4 Å². The van der Waals surface area contributed by atoms with Crippen LogP contribution in [0, 0.1) is 11.8 Å². The normalized spacial score (nSPS) is 13.7. The van der Waals surface area contributed by atoms with Gasteiger partial charge in [-0.3, -0.25) is 0 Å². The van der Waals surface area contributed by atoms with Gasteiger partial charge in [0.15, 0.2) is 0 Å². The summed E-state index contributed by atoms with van der Waals surface area (Å²) in [6, 6.07) is 21.6. The molecule has 0 heterocycles. The molecule has 0 N–H and O–H groups in total. The number of rotatable bonds is 7. The van der Waals surface area contributed by atoms with E-state index in [1.54, 1.807) is 0 Å². The van der Waals surface area contributed by atoms with Crippen LogP contribution in [0.4, 0.5) is 0 Å². The third kappa shape index (κ3) is 4.13. The Morgan fingerprint density at radius 3 is 1.68 bits per heavy atom. The van der Waals surface area contributed by atoms with Gasteiger partial charge in [0, 0.05) is 12.5 Å². The molecule has 2 aromatic rings. The van der Waals surface area contributed by atoms with Crippen molar-refractivity contribution in [2.24, 2.45) is 11.8 Å². The molecule has 25 heavy (non-hydrogen) atoms. The van der Waals surface area contributed by atoms with E-state index in [1.165, 1.54) is 10.4 Å². The highest BCUT2D eigenvalue weighted by Gasteiger charge is 2.50. The Morgan fingerprint density at radius 1 is 0.920 bits per heavy atom. The molecule has 0 aliphatic carbocycles. The Bertz CT molecular complexity index is 616. The summed E-state index contributed by atoms with van der Waals surface area (Å²) in [7, 11) is -2.42. The Balaban J connectivity index is 2.58. The highest BCUT2D eigenvalue weighted by Crippen LogP contribution is 2.37. The van der Waals surface area contributed by atoms with Crippen molar-refractivity contribution in [3.63, 3.8) is 0 Å². The maximum Gasteiger partial charge on any atom is 0.261 e. The van der Waals surface area contributed by atoms with Crippen LogP contribution in [0.3, 0.4) is 0 Å². The van der Waals surface area contributed by atoms with E-state index in [-0.39, 0.29) is 5.04 Å². The van der Waals surface area contributed by atoms with Gasteiger partial charge in [0.1, 0.15) is 0 Å². The van der Waals surface area contributed by atoms with Crippen LogP contribution in [0.2, 0.25) is 5.04 Å². The van der Waals surface area contributed by atoms with Crippen LogP contribution in [0.5, 0.6) is 0 Å². The Morgan fingerprint density at radius 2 is 1.36 bits per heavy atom. The maximum absolute atomic E-state index is 6.95. The summed E-state index contributed by atoms with van der Waals surface area (Å²) >= 11 is 0. The highest BCUT2D eigenvalue weighted by molar-refractivity contribution is 6.99. The summed E-state index contributed by atoms with van der Waals surface area (Å²) in [5.74, 6) is 0.886. The van der Waals surface area contributed by atoms with Crippen molar-refractivity contribution in [1.82, 2.24) is 0 Å². The highest BCUT2D eigenvalue weighted by atomic mass is 28.4. The fourth-order valence-corrected chi connectivity index (χ4v) is 8.11. The topological polar surface area (TPSA) is 9.23 Å². The molecule has 0 bridgehead atoms. The van der Waals surface area contributed by atoms with E-state index in [2.05, 4.69) is 102 Å². The van der Waals surface area contributed by atoms with E-state index < -0.39 is 8.32 Å². The van der Waals surface area contributed by atoms with Gasteiger partial charge in [0.2, 0.25) is 0 Å². The summed E-state index contributed by atoms with van der Waals surface area (Å²) in [4.78, 5) is 0. The monoisotopic (exact) mass is 352 g/mol. The molecule has 0 amide bonds. The predicted octanol–water partition coefficient (Wildman–Crippen LogP) is 5.02. The predicted molar refractivity (Wildman–Crippen MR) is 112 cm³/mol. The van der Waals surface area contributed by atoms with Crippen molar-refractivity contribution in [3.05, 3.63) is 73.3 Å². The SMILES string of the molecule is C=C[C@H](CO[Si](c1ccccc1)(c1ccccc1)C(C)(C)C)C(C)C. The first-order valence-corrected chi connectivity index (χ1v) is 11.1. The quantitative estimate of drug-likeness (QED) is 0.502. The summed E-state index contributed by atoms with van der Waals surface area (Å²) in [5, 5.41) is 2.69. The van der Waals surface area contributed by atoms with Gasteiger partial charge in [-0.2, -0.15) is 0 Å². The summed E-state index contributed by atoms with van der Waals surface area (Å²) in [5.41, 5.74) is 0. The van der Waals surface area contributed by atoms with Gasteiger partial charge in [0.05, 0.1) is 0 Å². The number of hydrogen-bond donors (Lipinski definition) is 0. The molecule has 0 saturated heterocycles. The molecule has 0 unspecified atom stereocenters. The maximum atomic E-state index is 6.95. The van der Waals surface area contributed by atoms with E-state index >= 15 is 0 Å². The van der Waals surface area contributed by atoms with Crippen LogP contribution >= 0.6 is 0 Å². The molecule has 0 saturated carbocycles. The molecule has 0 fully saturated rings. The van der Waals surface area contributed by atoms with Gasteiger partial charge in [-0.1, -0.05) is 101 Å². The van der Waals surface area contributed by atoms with E-state index in [1.807, 2.05) is 6.08 Å². The van der Waals surface area contributed by atoms with E-state index in [9.17, 15) is 0 Å². The summed E-state index contributed by atoms with van der Waals surface area (Å²) < 4.78 is 6.95. The van der Waals surface area contributed by atoms with Crippen molar-refractivity contribution < 1.29 is 4.43 Å². The van der Waals surface area contributed by atoms with E-state index in [4.69, 9.17) is 4.43 Å². The fraction of sp³-hybridized carbons (Fsp3) is 0.391. The zero-order valence-electron chi connectivity index (χ0n) is 16.3. The smallest absolute Gasteiger partial charge is 0.261 e. The Hall–Kier alpha value is -1.64. The third-order valence-corrected chi connectivity index (χ3v) is 10.1. The Labute approximate surface area is 154 Å². The second-order valence-electron chi connectivity index (χ2n) is 8.12. The van der Waals surface area contributed by atoms with E-state index in [0.717, 1.165) is 0 Å². The number of benzene rings is 2. The molecule has 1 atom stereocenters. The lowest BCUT2D eigenvalue weighted by Crippen LogP contribution is -2.67. The van der Waals surface area contributed by atoms with Gasteiger partial charge < -0.3 is 4.43 Å². The van der Waals surface area contributed by atoms with Gasteiger partial charge in [-0.15, -0.1) is 6.58 Å². The van der Waals surface area contributed by atoms with Crippen LogP contribution in [0.25, 0.3) is 0 Å². The van der Waals surface area contributed by atoms with Crippen LogP contribution in [0.15, 0.2) is 73.3 Å². The minimum Gasteiger partial charge on any atom is -0.407 e. The molecule has 0 aromatic heterocycles. The van der Waals surface area contributed by atoms with Crippen molar-refractivity contribution >= 4 is 18.7 Å². The van der Waals surface area contributed by atoms with Crippen molar-refractivity contribution in [2.75, 3.05) is 6.61 Å². The third-order valence-electron chi connectivity index (χ3n) is 5.07. The van der Waals surface area contributed by atoms with Crippen molar-refractivity contribution in [1.29, 1.82) is 0 Å². The summed E-state index contributed by atoms with van der Waals surface area (Å²) in [6.07, 6.45) is 2.04. The largest absolute Gasteiger partial charge is 0.407 e. The zero-order chi connectivity index (χ0) is 18.5. The lowest BCUT2D eigenvalue weighted by molar-refractivity contribution is 0.229. The van der Waals surface area contributed by atoms with Gasteiger partial charge in [-0.25, -0.2) is 0 Å². The molecule has 134 valence electrons.